The average Bonchev–Trinajstić information content (AvgIpc) is 3.21. The van der Waals surface area contributed by atoms with Crippen LogP contribution in [-0.2, 0) is 22.5 Å². The number of thiophene rings is 1. The van der Waals surface area contributed by atoms with Gasteiger partial charge in [0.1, 0.15) is 0 Å². The van der Waals surface area contributed by atoms with Gasteiger partial charge in [-0.3, -0.25) is 9.59 Å². The van der Waals surface area contributed by atoms with E-state index in [0.717, 1.165) is 28.2 Å². The summed E-state index contributed by atoms with van der Waals surface area (Å²) in [6.45, 7) is 6.45. The van der Waals surface area contributed by atoms with Crippen LogP contribution in [0.4, 0.5) is 0 Å². The number of aryl methyl sites for hydroxylation is 1. The SMILES string of the molecule is CCc1cc2n(c1C(=O)c1cccs1)CCC2C(=O)OC(C)C. The molecule has 0 fully saturated rings. The lowest BCUT2D eigenvalue weighted by Gasteiger charge is -2.12. The number of nitrogens with zero attached hydrogens (tertiary/aromatic N) is 1. The minimum atomic E-state index is -0.257. The van der Waals surface area contributed by atoms with Crippen LogP contribution in [0.15, 0.2) is 23.6 Å². The van der Waals surface area contributed by atoms with E-state index < -0.39 is 0 Å². The largest absolute Gasteiger partial charge is 0.462 e. The number of rotatable bonds is 5. The van der Waals surface area contributed by atoms with Gasteiger partial charge in [-0.25, -0.2) is 0 Å². The van der Waals surface area contributed by atoms with Crippen LogP contribution in [0, 0.1) is 0 Å². The first-order chi connectivity index (χ1) is 11.0. The molecule has 3 rings (SSSR count). The number of ether oxygens (including phenoxy) is 1. The lowest BCUT2D eigenvalue weighted by Crippen LogP contribution is -2.18. The van der Waals surface area contributed by atoms with E-state index in [9.17, 15) is 9.59 Å². The van der Waals surface area contributed by atoms with E-state index in [-0.39, 0.29) is 23.8 Å². The number of carbonyl (C=O) groups excluding carboxylic acids is 2. The molecule has 0 aliphatic carbocycles. The summed E-state index contributed by atoms with van der Waals surface area (Å²) in [4.78, 5) is 25.9. The second-order valence-electron chi connectivity index (χ2n) is 6.08. The van der Waals surface area contributed by atoms with Crippen LogP contribution in [0.3, 0.4) is 0 Å². The molecule has 0 spiro atoms. The molecule has 3 heterocycles. The van der Waals surface area contributed by atoms with Gasteiger partial charge < -0.3 is 9.30 Å². The first-order valence-electron chi connectivity index (χ1n) is 8.03. The van der Waals surface area contributed by atoms with Crippen LogP contribution in [0.1, 0.15) is 59.7 Å². The third-order valence-corrected chi connectivity index (χ3v) is 5.05. The van der Waals surface area contributed by atoms with Crippen molar-refractivity contribution in [3.05, 3.63) is 45.4 Å². The van der Waals surface area contributed by atoms with Crippen molar-refractivity contribution in [3.8, 4) is 0 Å². The maximum absolute atomic E-state index is 12.8. The highest BCUT2D eigenvalue weighted by Gasteiger charge is 2.35. The molecule has 5 heteroatoms. The molecule has 23 heavy (non-hydrogen) atoms. The van der Waals surface area contributed by atoms with E-state index in [1.165, 1.54) is 11.3 Å². The first-order valence-corrected chi connectivity index (χ1v) is 8.91. The number of fused-ring (bicyclic) bond motifs is 1. The summed E-state index contributed by atoms with van der Waals surface area (Å²) in [6, 6.07) is 5.76. The van der Waals surface area contributed by atoms with Gasteiger partial charge in [0.05, 0.1) is 22.6 Å². The van der Waals surface area contributed by atoms with Crippen molar-refractivity contribution in [1.82, 2.24) is 4.57 Å². The minimum Gasteiger partial charge on any atom is -0.462 e. The van der Waals surface area contributed by atoms with Gasteiger partial charge in [0, 0.05) is 12.2 Å². The zero-order valence-corrected chi connectivity index (χ0v) is 14.5. The van der Waals surface area contributed by atoms with Gasteiger partial charge in [-0.05, 0) is 49.8 Å². The third kappa shape index (κ3) is 2.85. The highest BCUT2D eigenvalue weighted by atomic mass is 32.1. The van der Waals surface area contributed by atoms with Gasteiger partial charge in [-0.15, -0.1) is 11.3 Å². The number of carbonyl (C=O) groups is 2. The molecule has 1 unspecified atom stereocenters. The predicted molar refractivity (Wildman–Crippen MR) is 90.1 cm³/mol. The van der Waals surface area contributed by atoms with Crippen molar-refractivity contribution in [2.24, 2.45) is 0 Å². The van der Waals surface area contributed by atoms with Crippen molar-refractivity contribution in [3.63, 3.8) is 0 Å². The number of hydrogen-bond acceptors (Lipinski definition) is 4. The quantitative estimate of drug-likeness (QED) is 0.619. The maximum atomic E-state index is 12.8. The van der Waals surface area contributed by atoms with Crippen molar-refractivity contribution >= 4 is 23.1 Å². The highest BCUT2D eigenvalue weighted by Crippen LogP contribution is 2.35. The molecule has 0 aromatic carbocycles. The van der Waals surface area contributed by atoms with E-state index >= 15 is 0 Å². The van der Waals surface area contributed by atoms with Crippen molar-refractivity contribution in [2.45, 2.75) is 52.2 Å². The molecule has 0 saturated heterocycles. The first kappa shape index (κ1) is 16.0. The van der Waals surface area contributed by atoms with Gasteiger partial charge in [0.25, 0.3) is 0 Å². The topological polar surface area (TPSA) is 48.3 Å². The number of esters is 1. The Bertz CT molecular complexity index is 728. The summed E-state index contributed by atoms with van der Waals surface area (Å²) in [7, 11) is 0. The molecule has 122 valence electrons. The zero-order valence-electron chi connectivity index (χ0n) is 13.7. The average molecular weight is 331 g/mol. The second-order valence-corrected chi connectivity index (χ2v) is 7.03. The molecule has 0 amide bonds. The number of aromatic nitrogens is 1. The van der Waals surface area contributed by atoms with Crippen molar-refractivity contribution < 1.29 is 14.3 Å². The van der Waals surface area contributed by atoms with Crippen molar-refractivity contribution in [1.29, 1.82) is 0 Å². The Hall–Kier alpha value is -1.88. The fourth-order valence-electron chi connectivity index (χ4n) is 3.18. The molecule has 0 N–H and O–H groups in total. The third-order valence-electron chi connectivity index (χ3n) is 4.18. The fourth-order valence-corrected chi connectivity index (χ4v) is 3.84. The van der Waals surface area contributed by atoms with Gasteiger partial charge in [-0.2, -0.15) is 0 Å². The monoisotopic (exact) mass is 331 g/mol. The van der Waals surface area contributed by atoms with Crippen LogP contribution >= 0.6 is 11.3 Å². The van der Waals surface area contributed by atoms with Gasteiger partial charge >= 0.3 is 5.97 Å². The molecular weight excluding hydrogens is 310 g/mol. The number of ketones is 1. The van der Waals surface area contributed by atoms with E-state index in [2.05, 4.69) is 0 Å². The van der Waals surface area contributed by atoms with E-state index in [1.54, 1.807) is 0 Å². The zero-order chi connectivity index (χ0) is 16.6. The lowest BCUT2D eigenvalue weighted by atomic mass is 10.0. The normalized spacial score (nSPS) is 16.6. The van der Waals surface area contributed by atoms with Gasteiger partial charge in [0.2, 0.25) is 5.78 Å². The van der Waals surface area contributed by atoms with Crippen molar-refractivity contribution in [2.75, 3.05) is 0 Å². The molecule has 1 atom stereocenters. The number of hydrogen-bond donors (Lipinski definition) is 0. The molecule has 0 saturated carbocycles. The Labute approximate surface area is 140 Å². The van der Waals surface area contributed by atoms with Crippen LogP contribution < -0.4 is 0 Å². The van der Waals surface area contributed by atoms with Crippen LogP contribution in [0.25, 0.3) is 0 Å². The lowest BCUT2D eigenvalue weighted by molar-refractivity contribution is -0.149. The standard InChI is InChI=1S/C18H21NO3S/c1-4-12-10-14-13(18(21)22-11(2)3)7-8-19(14)16(12)17(20)15-6-5-9-23-15/h5-6,9-11,13H,4,7-8H2,1-3H3. The van der Waals surface area contributed by atoms with E-state index in [1.807, 2.05) is 48.9 Å². The summed E-state index contributed by atoms with van der Waals surface area (Å²) >= 11 is 1.45. The maximum Gasteiger partial charge on any atom is 0.315 e. The Kier molecular flexibility index (Phi) is 4.39. The minimum absolute atomic E-state index is 0.0565. The fraction of sp³-hybridized carbons (Fsp3) is 0.444. The van der Waals surface area contributed by atoms with E-state index in [4.69, 9.17) is 4.74 Å². The summed E-state index contributed by atoms with van der Waals surface area (Å²) in [5, 5.41) is 1.91. The molecule has 2 aromatic rings. The summed E-state index contributed by atoms with van der Waals surface area (Å²) in [5.74, 6) is -0.386. The van der Waals surface area contributed by atoms with Crippen LogP contribution in [0.5, 0.6) is 0 Å². The molecule has 0 bridgehead atoms. The summed E-state index contributed by atoms with van der Waals surface area (Å²) in [5.41, 5.74) is 2.68. The Morgan fingerprint density at radius 1 is 1.43 bits per heavy atom. The van der Waals surface area contributed by atoms with Gasteiger partial charge in [-0.1, -0.05) is 13.0 Å². The van der Waals surface area contributed by atoms with E-state index in [0.29, 0.717) is 13.0 Å². The predicted octanol–water partition coefficient (Wildman–Crippen LogP) is 3.78. The Morgan fingerprint density at radius 3 is 2.83 bits per heavy atom. The molecule has 2 aromatic heterocycles. The van der Waals surface area contributed by atoms with Crippen LogP contribution in [0.2, 0.25) is 0 Å². The molecule has 1 aliphatic heterocycles. The molecular formula is C18H21NO3S. The Morgan fingerprint density at radius 2 is 2.22 bits per heavy atom. The molecule has 4 nitrogen and oxygen atoms in total. The smallest absolute Gasteiger partial charge is 0.315 e. The molecule has 0 radical (unpaired) electrons. The highest BCUT2D eigenvalue weighted by molar-refractivity contribution is 7.12. The van der Waals surface area contributed by atoms with Gasteiger partial charge in [0.15, 0.2) is 0 Å². The Balaban J connectivity index is 1.98. The van der Waals surface area contributed by atoms with Crippen LogP contribution in [-0.4, -0.2) is 22.4 Å². The second kappa shape index (κ2) is 6.32. The summed E-state index contributed by atoms with van der Waals surface area (Å²) in [6.07, 6.45) is 1.36. The summed E-state index contributed by atoms with van der Waals surface area (Å²) < 4.78 is 7.39. The molecule has 1 aliphatic rings.